The molecule has 4 heteroatoms. The monoisotopic (exact) mass is 247 g/mol. The third kappa shape index (κ3) is 2.05. The van der Waals surface area contributed by atoms with Gasteiger partial charge in [-0.15, -0.1) is 0 Å². The Labute approximate surface area is 108 Å². The van der Waals surface area contributed by atoms with Crippen molar-refractivity contribution in [3.63, 3.8) is 0 Å². The molecule has 0 atom stereocenters. The maximum absolute atomic E-state index is 9.41. The Morgan fingerprint density at radius 1 is 1.31 bits per heavy atom. The van der Waals surface area contributed by atoms with Gasteiger partial charge < -0.3 is 6.53 Å². The van der Waals surface area contributed by atoms with Crippen molar-refractivity contribution in [3.05, 3.63) is 34.9 Å². The number of phenols is 1. The average Bonchev–Trinajstić information content (AvgIpc) is 2.12. The van der Waals surface area contributed by atoms with Gasteiger partial charge in [0, 0.05) is 16.1 Å². The van der Waals surface area contributed by atoms with Gasteiger partial charge >= 0.3 is 29.6 Å². The molecule has 0 spiro atoms. The van der Waals surface area contributed by atoms with Gasteiger partial charge in [0.2, 0.25) is 0 Å². The fourth-order valence-electron chi connectivity index (χ4n) is 1.12. The van der Waals surface area contributed by atoms with E-state index in [2.05, 4.69) is 20.9 Å². The molecule has 0 saturated carbocycles. The number of rotatable bonds is 0. The molecule has 2 nitrogen and oxygen atoms in total. The maximum Gasteiger partial charge on any atom is 1.00 e. The van der Waals surface area contributed by atoms with Crippen LogP contribution in [0.25, 0.3) is 10.9 Å². The summed E-state index contributed by atoms with van der Waals surface area (Å²) < 4.78 is 0.948. The second-order valence-electron chi connectivity index (χ2n) is 2.47. The number of nitrogens with zero attached hydrogens (tertiary/aromatic N) is 1. The standard InChI is InChI=1S/C9H6BrNO.Na.H/c10-7-3-4-8(12)9-6(7)2-1-5-11-9;;/h1-5,12H;;/q;+1;-1. The number of hydrogen-bond acceptors (Lipinski definition) is 2. The third-order valence-corrected chi connectivity index (χ3v) is 2.39. The minimum atomic E-state index is 0. The molecule has 1 aromatic carbocycles. The van der Waals surface area contributed by atoms with Crippen LogP contribution >= 0.6 is 15.9 Å². The van der Waals surface area contributed by atoms with E-state index < -0.39 is 0 Å². The Morgan fingerprint density at radius 2 is 2.08 bits per heavy atom. The number of hydrogen-bond donors (Lipinski definition) is 1. The molecule has 2 rings (SSSR count). The zero-order valence-corrected chi connectivity index (χ0v) is 10.7. The summed E-state index contributed by atoms with van der Waals surface area (Å²) in [5.41, 5.74) is 0.631. The van der Waals surface area contributed by atoms with E-state index in [-0.39, 0.29) is 36.7 Å². The van der Waals surface area contributed by atoms with Crippen LogP contribution in [0.4, 0.5) is 0 Å². The Hall–Kier alpha value is -0.0900. The van der Waals surface area contributed by atoms with E-state index in [9.17, 15) is 5.11 Å². The molecule has 0 aliphatic rings. The molecule has 0 aliphatic carbocycles. The van der Waals surface area contributed by atoms with E-state index >= 15 is 0 Å². The van der Waals surface area contributed by atoms with Crippen molar-refractivity contribution >= 4 is 26.8 Å². The molecule has 1 N–H and O–H groups in total. The molecule has 0 fully saturated rings. The molecule has 2 aromatic rings. The molecule has 0 aliphatic heterocycles. The first kappa shape index (κ1) is 11.0. The summed E-state index contributed by atoms with van der Waals surface area (Å²) in [5, 5.41) is 10.3. The number of aromatic hydroxyl groups is 1. The second kappa shape index (κ2) is 4.42. The van der Waals surface area contributed by atoms with Gasteiger partial charge in [0.1, 0.15) is 11.3 Å². The van der Waals surface area contributed by atoms with Crippen LogP contribution < -0.4 is 29.6 Å². The largest absolute Gasteiger partial charge is 1.00 e. The first-order valence-corrected chi connectivity index (χ1v) is 4.30. The fourth-order valence-corrected chi connectivity index (χ4v) is 1.58. The van der Waals surface area contributed by atoms with Crippen LogP contribution in [-0.4, -0.2) is 10.1 Å². The summed E-state index contributed by atoms with van der Waals surface area (Å²) in [7, 11) is 0. The van der Waals surface area contributed by atoms with Crippen molar-refractivity contribution in [3.8, 4) is 5.75 Å². The Morgan fingerprint density at radius 3 is 2.77 bits per heavy atom. The summed E-state index contributed by atoms with van der Waals surface area (Å²) in [6.45, 7) is 0. The number of fused-ring (bicyclic) bond motifs is 1. The fraction of sp³-hybridized carbons (Fsp3) is 0. The predicted octanol–water partition coefficient (Wildman–Crippen LogP) is -0.181. The van der Waals surface area contributed by atoms with Crippen molar-refractivity contribution in [2.24, 2.45) is 0 Å². The van der Waals surface area contributed by atoms with Crippen molar-refractivity contribution < 1.29 is 36.1 Å². The van der Waals surface area contributed by atoms with Gasteiger partial charge in [-0.2, -0.15) is 0 Å². The van der Waals surface area contributed by atoms with Crippen LogP contribution in [0.2, 0.25) is 0 Å². The van der Waals surface area contributed by atoms with Gasteiger partial charge in [0.15, 0.2) is 0 Å². The molecule has 0 saturated heterocycles. The quantitative estimate of drug-likeness (QED) is 0.656. The van der Waals surface area contributed by atoms with Gasteiger partial charge in [-0.05, 0) is 18.2 Å². The summed E-state index contributed by atoms with van der Waals surface area (Å²) >= 11 is 3.38. The molecule has 0 bridgehead atoms. The van der Waals surface area contributed by atoms with Gasteiger partial charge in [-0.3, -0.25) is 4.98 Å². The number of pyridine rings is 1. The minimum absolute atomic E-state index is 0. The predicted molar refractivity (Wildman–Crippen MR) is 52.2 cm³/mol. The smallest absolute Gasteiger partial charge is 1.00 e. The van der Waals surface area contributed by atoms with Gasteiger partial charge in [-0.25, -0.2) is 0 Å². The van der Waals surface area contributed by atoms with Crippen molar-refractivity contribution in [2.75, 3.05) is 0 Å². The molecule has 0 unspecified atom stereocenters. The normalized spacial score (nSPS) is 9.62. The first-order chi connectivity index (χ1) is 5.79. The second-order valence-corrected chi connectivity index (χ2v) is 3.32. The number of aromatic nitrogens is 1. The van der Waals surface area contributed by atoms with Crippen LogP contribution in [-0.2, 0) is 0 Å². The van der Waals surface area contributed by atoms with Crippen molar-refractivity contribution in [2.45, 2.75) is 0 Å². The Kier molecular flexibility index (Phi) is 3.74. The number of benzene rings is 1. The molecular formula is C9H7BrNNaO. The van der Waals surface area contributed by atoms with E-state index in [1.807, 2.05) is 12.1 Å². The van der Waals surface area contributed by atoms with Crippen LogP contribution in [0, 0.1) is 0 Å². The van der Waals surface area contributed by atoms with Crippen LogP contribution in [0.5, 0.6) is 5.75 Å². The van der Waals surface area contributed by atoms with Crippen molar-refractivity contribution in [1.82, 2.24) is 4.98 Å². The topological polar surface area (TPSA) is 33.1 Å². The average molecular weight is 248 g/mol. The third-order valence-electron chi connectivity index (χ3n) is 1.70. The molecule has 0 amide bonds. The van der Waals surface area contributed by atoms with Crippen LogP contribution in [0.15, 0.2) is 34.9 Å². The molecule has 0 radical (unpaired) electrons. The van der Waals surface area contributed by atoms with Gasteiger partial charge in [0.05, 0.1) is 0 Å². The summed E-state index contributed by atoms with van der Waals surface area (Å²) in [4.78, 5) is 4.06. The zero-order chi connectivity index (χ0) is 8.55. The number of halogens is 1. The molecule has 62 valence electrons. The molecular weight excluding hydrogens is 241 g/mol. The van der Waals surface area contributed by atoms with E-state index in [0.29, 0.717) is 5.52 Å². The number of phenolic OH excluding ortho intramolecular Hbond substituents is 1. The van der Waals surface area contributed by atoms with E-state index in [0.717, 1.165) is 9.86 Å². The summed E-state index contributed by atoms with van der Waals surface area (Å²) in [6.07, 6.45) is 1.66. The maximum atomic E-state index is 9.41. The molecule has 1 aromatic heterocycles. The van der Waals surface area contributed by atoms with E-state index in [1.54, 1.807) is 18.3 Å². The van der Waals surface area contributed by atoms with Crippen LogP contribution in [0.1, 0.15) is 1.43 Å². The zero-order valence-electron chi connectivity index (χ0n) is 8.16. The van der Waals surface area contributed by atoms with Gasteiger partial charge in [-0.1, -0.05) is 22.0 Å². The summed E-state index contributed by atoms with van der Waals surface area (Å²) in [6, 6.07) is 7.18. The van der Waals surface area contributed by atoms with Gasteiger partial charge in [0.25, 0.3) is 0 Å². The Balaban J connectivity index is 0.000000845. The van der Waals surface area contributed by atoms with Crippen molar-refractivity contribution in [1.29, 1.82) is 0 Å². The molecule has 1 heterocycles. The Bertz CT molecular complexity index is 398. The SMILES string of the molecule is Oc1ccc(Br)c2cccnc12.[H-].[Na+]. The first-order valence-electron chi connectivity index (χ1n) is 3.51. The van der Waals surface area contributed by atoms with E-state index in [4.69, 9.17) is 0 Å². The minimum Gasteiger partial charge on any atom is -1.00 e. The van der Waals surface area contributed by atoms with Crippen LogP contribution in [0.3, 0.4) is 0 Å². The molecule has 13 heavy (non-hydrogen) atoms. The van der Waals surface area contributed by atoms with E-state index in [1.165, 1.54) is 0 Å². The summed E-state index contributed by atoms with van der Waals surface area (Å²) in [5.74, 6) is 0.216.